The van der Waals surface area contributed by atoms with E-state index < -0.39 is 0 Å². The van der Waals surface area contributed by atoms with Crippen molar-refractivity contribution >= 4 is 23.1 Å². The second-order valence-electron chi connectivity index (χ2n) is 3.01. The number of rotatable bonds is 1. The molecule has 0 fully saturated rings. The summed E-state index contributed by atoms with van der Waals surface area (Å²) in [5.41, 5.74) is 1.31. The van der Waals surface area contributed by atoms with Crippen molar-refractivity contribution in [2.24, 2.45) is 0 Å². The maximum Gasteiger partial charge on any atom is 0.244 e. The fraction of sp³-hybridized carbons (Fsp3) is 0.100. The molecule has 0 aliphatic rings. The molecule has 4 nitrogen and oxygen atoms in total. The summed E-state index contributed by atoms with van der Waals surface area (Å²) in [5, 5.41) is 4.72. The van der Waals surface area contributed by atoms with Gasteiger partial charge in [-0.2, -0.15) is 5.10 Å². The summed E-state index contributed by atoms with van der Waals surface area (Å²) in [6.45, 7) is 1.44. The average Bonchev–Trinajstić information content (AvgIpc) is 2.59. The molecule has 0 atom stereocenters. The van der Waals surface area contributed by atoms with E-state index in [1.54, 1.807) is 24.4 Å². The van der Waals surface area contributed by atoms with E-state index in [0.717, 1.165) is 17.2 Å². The highest BCUT2D eigenvalue weighted by atomic mass is 16.2. The quantitative estimate of drug-likeness (QED) is 0.637. The summed E-state index contributed by atoms with van der Waals surface area (Å²) in [7, 11) is 0. The fourth-order valence-corrected chi connectivity index (χ4v) is 1.38. The van der Waals surface area contributed by atoms with Gasteiger partial charge in [0.25, 0.3) is 0 Å². The molecule has 70 valence electrons. The van der Waals surface area contributed by atoms with Gasteiger partial charge in [-0.05, 0) is 18.2 Å². The smallest absolute Gasteiger partial charge is 0.244 e. The van der Waals surface area contributed by atoms with Gasteiger partial charge in [-0.1, -0.05) is 0 Å². The first-order chi connectivity index (χ1) is 6.72. The first-order valence-corrected chi connectivity index (χ1v) is 4.16. The highest BCUT2D eigenvalue weighted by Crippen LogP contribution is 2.14. The van der Waals surface area contributed by atoms with Crippen LogP contribution in [0.3, 0.4) is 0 Å². The van der Waals surface area contributed by atoms with Crippen molar-refractivity contribution in [3.05, 3.63) is 30.0 Å². The molecule has 14 heavy (non-hydrogen) atoms. The molecule has 2 rings (SSSR count). The van der Waals surface area contributed by atoms with Crippen LogP contribution in [0.4, 0.5) is 0 Å². The topological polar surface area (TPSA) is 52.0 Å². The minimum atomic E-state index is -0.140. The van der Waals surface area contributed by atoms with Crippen LogP contribution in [0.15, 0.2) is 24.4 Å². The van der Waals surface area contributed by atoms with Crippen LogP contribution in [0.5, 0.6) is 0 Å². The Morgan fingerprint density at radius 1 is 1.50 bits per heavy atom. The lowest BCUT2D eigenvalue weighted by Crippen LogP contribution is -2.06. The minimum Gasteiger partial charge on any atom is -0.298 e. The summed E-state index contributed by atoms with van der Waals surface area (Å²) >= 11 is 0. The normalized spacial score (nSPS) is 10.4. The predicted molar refractivity (Wildman–Crippen MR) is 51.4 cm³/mol. The Balaban J connectivity index is 2.71. The number of aromatic nitrogens is 2. The molecule has 0 aliphatic heterocycles. The van der Waals surface area contributed by atoms with Crippen molar-refractivity contribution < 1.29 is 9.59 Å². The standard InChI is InChI=1S/C10H8N2O2/c1-7(14)12-10-3-2-8(6-13)4-9(10)5-11-12/h2-6H,1H3. The lowest BCUT2D eigenvalue weighted by Gasteiger charge is -1.96. The third kappa shape index (κ3) is 1.21. The van der Waals surface area contributed by atoms with E-state index in [2.05, 4.69) is 5.10 Å². The largest absolute Gasteiger partial charge is 0.298 e. The Bertz CT molecular complexity index is 514. The highest BCUT2D eigenvalue weighted by Gasteiger charge is 2.05. The first-order valence-electron chi connectivity index (χ1n) is 4.16. The molecule has 0 unspecified atom stereocenters. The number of fused-ring (bicyclic) bond motifs is 1. The summed E-state index contributed by atoms with van der Waals surface area (Å²) < 4.78 is 1.31. The highest BCUT2D eigenvalue weighted by molar-refractivity contribution is 5.92. The van der Waals surface area contributed by atoms with Gasteiger partial charge in [-0.25, -0.2) is 4.68 Å². The molecule has 4 heteroatoms. The van der Waals surface area contributed by atoms with Crippen molar-refractivity contribution in [1.82, 2.24) is 9.78 Å². The Hall–Kier alpha value is -1.97. The molecule has 0 N–H and O–H groups in total. The molecule has 0 bridgehead atoms. The van der Waals surface area contributed by atoms with Crippen molar-refractivity contribution in [3.8, 4) is 0 Å². The molecule has 1 aromatic carbocycles. The lowest BCUT2D eigenvalue weighted by molar-refractivity contribution is 0.0926. The van der Waals surface area contributed by atoms with Crippen LogP contribution in [0.2, 0.25) is 0 Å². The third-order valence-electron chi connectivity index (χ3n) is 2.03. The molecule has 1 heterocycles. The Kier molecular flexibility index (Phi) is 1.89. The Labute approximate surface area is 80.1 Å². The van der Waals surface area contributed by atoms with Crippen molar-refractivity contribution in [3.63, 3.8) is 0 Å². The number of aldehydes is 1. The number of hydrogen-bond donors (Lipinski definition) is 0. The van der Waals surface area contributed by atoms with Gasteiger partial charge in [0.2, 0.25) is 5.91 Å². The first kappa shape index (κ1) is 8.62. The van der Waals surface area contributed by atoms with Crippen LogP contribution in [0.25, 0.3) is 10.9 Å². The molecular formula is C10H8N2O2. The maximum atomic E-state index is 11.1. The van der Waals surface area contributed by atoms with Crippen LogP contribution < -0.4 is 0 Å². The monoisotopic (exact) mass is 188 g/mol. The second kappa shape index (κ2) is 3.06. The lowest BCUT2D eigenvalue weighted by atomic mass is 10.2. The Morgan fingerprint density at radius 2 is 2.29 bits per heavy atom. The second-order valence-corrected chi connectivity index (χ2v) is 3.01. The molecule has 0 saturated heterocycles. The van der Waals surface area contributed by atoms with Gasteiger partial charge < -0.3 is 0 Å². The van der Waals surface area contributed by atoms with Gasteiger partial charge in [0.15, 0.2) is 0 Å². The van der Waals surface area contributed by atoms with E-state index in [1.165, 1.54) is 11.6 Å². The van der Waals surface area contributed by atoms with Gasteiger partial charge in [-0.15, -0.1) is 0 Å². The summed E-state index contributed by atoms with van der Waals surface area (Å²) in [4.78, 5) is 21.6. The van der Waals surface area contributed by atoms with Gasteiger partial charge >= 0.3 is 0 Å². The van der Waals surface area contributed by atoms with E-state index in [-0.39, 0.29) is 5.91 Å². The summed E-state index contributed by atoms with van der Waals surface area (Å²) in [6.07, 6.45) is 2.34. The average molecular weight is 188 g/mol. The number of nitrogens with zero attached hydrogens (tertiary/aromatic N) is 2. The molecule has 0 spiro atoms. The van der Waals surface area contributed by atoms with Crippen LogP contribution in [0.1, 0.15) is 22.1 Å². The molecule has 0 radical (unpaired) electrons. The number of benzene rings is 1. The number of carbonyl (C=O) groups is 2. The number of carbonyl (C=O) groups excluding carboxylic acids is 2. The van der Waals surface area contributed by atoms with Gasteiger partial charge in [0.1, 0.15) is 6.29 Å². The zero-order valence-corrected chi connectivity index (χ0v) is 7.60. The van der Waals surface area contributed by atoms with E-state index >= 15 is 0 Å². The van der Waals surface area contributed by atoms with Gasteiger partial charge in [0, 0.05) is 17.9 Å². The van der Waals surface area contributed by atoms with Crippen LogP contribution in [-0.2, 0) is 0 Å². The molecule has 1 aromatic heterocycles. The van der Waals surface area contributed by atoms with Crippen LogP contribution in [0, 0.1) is 0 Å². The van der Waals surface area contributed by atoms with Crippen molar-refractivity contribution in [2.45, 2.75) is 6.92 Å². The van der Waals surface area contributed by atoms with Gasteiger partial charge in [-0.3, -0.25) is 9.59 Å². The van der Waals surface area contributed by atoms with E-state index in [4.69, 9.17) is 0 Å². The predicted octanol–water partition coefficient (Wildman–Crippen LogP) is 1.51. The molecular weight excluding hydrogens is 180 g/mol. The molecule has 0 aliphatic carbocycles. The molecule has 0 saturated carbocycles. The Morgan fingerprint density at radius 3 is 2.93 bits per heavy atom. The third-order valence-corrected chi connectivity index (χ3v) is 2.03. The van der Waals surface area contributed by atoms with Crippen molar-refractivity contribution in [2.75, 3.05) is 0 Å². The van der Waals surface area contributed by atoms with Crippen LogP contribution in [-0.4, -0.2) is 22.0 Å². The zero-order chi connectivity index (χ0) is 10.1. The summed E-state index contributed by atoms with van der Waals surface area (Å²) in [6, 6.07) is 5.08. The zero-order valence-electron chi connectivity index (χ0n) is 7.60. The summed E-state index contributed by atoms with van der Waals surface area (Å²) in [5.74, 6) is -0.140. The number of hydrogen-bond acceptors (Lipinski definition) is 3. The molecule has 2 aromatic rings. The molecule has 0 amide bonds. The SMILES string of the molecule is CC(=O)n1ncc2cc(C=O)ccc21. The maximum absolute atomic E-state index is 11.1. The van der Waals surface area contributed by atoms with Crippen molar-refractivity contribution in [1.29, 1.82) is 0 Å². The minimum absolute atomic E-state index is 0.140. The van der Waals surface area contributed by atoms with E-state index in [1.807, 2.05) is 0 Å². The fourth-order valence-electron chi connectivity index (χ4n) is 1.38. The van der Waals surface area contributed by atoms with E-state index in [9.17, 15) is 9.59 Å². The van der Waals surface area contributed by atoms with Gasteiger partial charge in [0.05, 0.1) is 11.7 Å². The van der Waals surface area contributed by atoms with Crippen LogP contribution >= 0.6 is 0 Å². The van der Waals surface area contributed by atoms with E-state index in [0.29, 0.717) is 5.56 Å².